The number of nitrogens with one attached hydrogen (secondary N) is 1. The molecule has 5 heteroatoms. The van der Waals surface area contributed by atoms with E-state index >= 15 is 0 Å². The van der Waals surface area contributed by atoms with Crippen LogP contribution in [0, 0.1) is 0 Å². The van der Waals surface area contributed by atoms with Gasteiger partial charge in [0.2, 0.25) is 5.91 Å². The van der Waals surface area contributed by atoms with Crippen LogP contribution < -0.4 is 5.32 Å². The minimum absolute atomic E-state index is 0.203. The van der Waals surface area contributed by atoms with E-state index in [-0.39, 0.29) is 12.0 Å². The summed E-state index contributed by atoms with van der Waals surface area (Å²) in [5, 5.41) is 3.18. The van der Waals surface area contributed by atoms with Crippen LogP contribution in [0.15, 0.2) is 11.1 Å². The number of hydrogen-bond donors (Lipinski definition) is 1. The van der Waals surface area contributed by atoms with Crippen LogP contribution in [-0.4, -0.2) is 62.9 Å². The topological polar surface area (TPSA) is 50.8 Å². The molecule has 0 spiro atoms. The minimum Gasteiger partial charge on any atom is -0.379 e. The number of amides is 1. The van der Waals surface area contributed by atoms with Crippen LogP contribution in [0.2, 0.25) is 0 Å². The molecule has 0 radical (unpaired) electrons. The Morgan fingerprint density at radius 3 is 2.55 bits per heavy atom. The first kappa shape index (κ1) is 15.5. The van der Waals surface area contributed by atoms with Gasteiger partial charge in [-0.1, -0.05) is 0 Å². The Labute approximate surface area is 121 Å². The standard InChI is InChI=1S/C15H26N2O3/c1-3-19-8-9-20-14-4-6-17(7-5-14)15(18)12(2)13-10-16-11-13/h14,16H,3-11H2,1-2H3. The van der Waals surface area contributed by atoms with E-state index in [0.29, 0.717) is 13.2 Å². The molecule has 0 aromatic rings. The van der Waals surface area contributed by atoms with Crippen molar-refractivity contribution < 1.29 is 14.3 Å². The van der Waals surface area contributed by atoms with Gasteiger partial charge >= 0.3 is 0 Å². The van der Waals surface area contributed by atoms with Crippen molar-refractivity contribution in [3.05, 3.63) is 11.1 Å². The van der Waals surface area contributed by atoms with Crippen molar-refractivity contribution >= 4 is 5.91 Å². The number of hydrogen-bond acceptors (Lipinski definition) is 4. The zero-order chi connectivity index (χ0) is 14.4. The summed E-state index contributed by atoms with van der Waals surface area (Å²) >= 11 is 0. The van der Waals surface area contributed by atoms with Crippen LogP contribution in [0.5, 0.6) is 0 Å². The van der Waals surface area contributed by atoms with E-state index in [0.717, 1.165) is 51.2 Å². The molecule has 0 unspecified atom stereocenters. The molecule has 0 aliphatic carbocycles. The fraction of sp³-hybridized carbons (Fsp3) is 0.800. The predicted molar refractivity (Wildman–Crippen MR) is 77.6 cm³/mol. The Kier molecular flexibility index (Phi) is 6.01. The van der Waals surface area contributed by atoms with Crippen molar-refractivity contribution in [2.75, 3.05) is 46.0 Å². The zero-order valence-electron chi connectivity index (χ0n) is 12.6. The molecule has 5 nitrogen and oxygen atoms in total. The third kappa shape index (κ3) is 4.04. The molecule has 0 aromatic carbocycles. The van der Waals surface area contributed by atoms with Gasteiger partial charge in [0.15, 0.2) is 0 Å². The second-order valence-electron chi connectivity index (χ2n) is 5.39. The van der Waals surface area contributed by atoms with Gasteiger partial charge in [0.1, 0.15) is 0 Å². The molecule has 2 heterocycles. The Morgan fingerprint density at radius 1 is 1.30 bits per heavy atom. The van der Waals surface area contributed by atoms with E-state index in [1.54, 1.807) is 0 Å². The summed E-state index contributed by atoms with van der Waals surface area (Å²) in [6, 6.07) is 0. The molecular weight excluding hydrogens is 256 g/mol. The van der Waals surface area contributed by atoms with Gasteiger partial charge in [-0.05, 0) is 32.3 Å². The van der Waals surface area contributed by atoms with E-state index in [1.165, 1.54) is 5.57 Å². The highest BCUT2D eigenvalue weighted by Gasteiger charge is 2.26. The number of likely N-dealkylation sites (tertiary alicyclic amines) is 1. The number of carbonyl (C=O) groups is 1. The van der Waals surface area contributed by atoms with E-state index in [9.17, 15) is 4.79 Å². The van der Waals surface area contributed by atoms with Gasteiger partial charge in [-0.15, -0.1) is 0 Å². The van der Waals surface area contributed by atoms with E-state index in [2.05, 4.69) is 5.32 Å². The highest BCUT2D eigenvalue weighted by atomic mass is 16.5. The molecule has 20 heavy (non-hydrogen) atoms. The number of carbonyl (C=O) groups excluding carboxylic acids is 1. The molecule has 0 atom stereocenters. The van der Waals surface area contributed by atoms with E-state index in [1.807, 2.05) is 18.7 Å². The first-order valence-electron chi connectivity index (χ1n) is 7.60. The quantitative estimate of drug-likeness (QED) is 0.582. The second-order valence-corrected chi connectivity index (χ2v) is 5.39. The molecule has 1 amide bonds. The molecule has 2 fully saturated rings. The van der Waals surface area contributed by atoms with Crippen molar-refractivity contribution in [2.24, 2.45) is 0 Å². The lowest BCUT2D eigenvalue weighted by molar-refractivity contribution is -0.130. The van der Waals surface area contributed by atoms with Gasteiger partial charge < -0.3 is 19.7 Å². The lowest BCUT2D eigenvalue weighted by Crippen LogP contribution is -2.43. The molecule has 2 aliphatic heterocycles. The van der Waals surface area contributed by atoms with Gasteiger partial charge in [-0.3, -0.25) is 4.79 Å². The normalized spacial score (nSPS) is 19.9. The van der Waals surface area contributed by atoms with Crippen molar-refractivity contribution in [3.8, 4) is 0 Å². The number of ether oxygens (including phenoxy) is 2. The summed E-state index contributed by atoms with van der Waals surface area (Å²) in [7, 11) is 0. The average Bonchev–Trinajstić information content (AvgIpc) is 2.41. The smallest absolute Gasteiger partial charge is 0.249 e. The van der Waals surface area contributed by atoms with Gasteiger partial charge in [0.05, 0.1) is 19.3 Å². The third-order valence-corrected chi connectivity index (χ3v) is 4.04. The first-order chi connectivity index (χ1) is 9.72. The van der Waals surface area contributed by atoms with Gasteiger partial charge in [0, 0.05) is 38.4 Å². The van der Waals surface area contributed by atoms with Crippen LogP contribution in [0.25, 0.3) is 0 Å². The van der Waals surface area contributed by atoms with Gasteiger partial charge in [-0.25, -0.2) is 0 Å². The largest absolute Gasteiger partial charge is 0.379 e. The van der Waals surface area contributed by atoms with Crippen LogP contribution in [0.4, 0.5) is 0 Å². The van der Waals surface area contributed by atoms with Crippen LogP contribution in [0.3, 0.4) is 0 Å². The Hall–Kier alpha value is -0.910. The molecule has 2 aliphatic rings. The maximum absolute atomic E-state index is 12.3. The zero-order valence-corrected chi connectivity index (χ0v) is 12.6. The molecule has 0 saturated carbocycles. The van der Waals surface area contributed by atoms with Crippen LogP contribution in [-0.2, 0) is 14.3 Å². The molecule has 114 valence electrons. The third-order valence-electron chi connectivity index (χ3n) is 4.04. The highest BCUT2D eigenvalue weighted by Crippen LogP contribution is 2.18. The molecule has 0 aromatic heterocycles. The summed E-state index contributed by atoms with van der Waals surface area (Å²) < 4.78 is 11.0. The molecule has 1 N–H and O–H groups in total. The average molecular weight is 282 g/mol. The fourth-order valence-electron chi connectivity index (χ4n) is 2.55. The lowest BCUT2D eigenvalue weighted by atomic mass is 10.0. The summed E-state index contributed by atoms with van der Waals surface area (Å²) in [5.41, 5.74) is 2.18. The van der Waals surface area contributed by atoms with Crippen molar-refractivity contribution in [3.63, 3.8) is 0 Å². The Balaban J connectivity index is 1.70. The lowest BCUT2D eigenvalue weighted by Gasteiger charge is -2.33. The summed E-state index contributed by atoms with van der Waals surface area (Å²) in [6.45, 7) is 9.32. The molecular formula is C15H26N2O3. The van der Waals surface area contributed by atoms with E-state index < -0.39 is 0 Å². The highest BCUT2D eigenvalue weighted by molar-refractivity contribution is 5.94. The minimum atomic E-state index is 0.203. The first-order valence-corrected chi connectivity index (χ1v) is 7.60. The van der Waals surface area contributed by atoms with E-state index in [4.69, 9.17) is 9.47 Å². The van der Waals surface area contributed by atoms with Crippen LogP contribution >= 0.6 is 0 Å². The van der Waals surface area contributed by atoms with Crippen molar-refractivity contribution in [2.45, 2.75) is 32.8 Å². The monoisotopic (exact) mass is 282 g/mol. The summed E-state index contributed by atoms with van der Waals surface area (Å²) in [6.07, 6.45) is 2.13. The SMILES string of the molecule is CCOCCOC1CCN(C(=O)C(C)=C2CNC2)CC1. The number of nitrogens with zero attached hydrogens (tertiary/aromatic N) is 1. The Bertz CT molecular complexity index is 354. The summed E-state index contributed by atoms with van der Waals surface area (Å²) in [5.74, 6) is 0.203. The maximum atomic E-state index is 12.3. The van der Waals surface area contributed by atoms with Gasteiger partial charge in [-0.2, -0.15) is 0 Å². The fourth-order valence-corrected chi connectivity index (χ4v) is 2.55. The maximum Gasteiger partial charge on any atom is 0.249 e. The molecule has 2 saturated heterocycles. The van der Waals surface area contributed by atoms with Gasteiger partial charge in [0.25, 0.3) is 0 Å². The predicted octanol–water partition coefficient (Wildman–Crippen LogP) is 0.950. The number of piperidine rings is 1. The summed E-state index contributed by atoms with van der Waals surface area (Å²) in [4.78, 5) is 14.3. The van der Waals surface area contributed by atoms with Crippen molar-refractivity contribution in [1.29, 1.82) is 0 Å². The number of rotatable bonds is 6. The molecule has 0 bridgehead atoms. The second kappa shape index (κ2) is 7.76. The van der Waals surface area contributed by atoms with Crippen molar-refractivity contribution in [1.82, 2.24) is 10.2 Å². The molecule has 2 rings (SSSR count). The van der Waals surface area contributed by atoms with Crippen LogP contribution in [0.1, 0.15) is 26.7 Å². The Morgan fingerprint density at radius 2 is 2.00 bits per heavy atom.